The molecule has 1 amide bonds. The van der Waals surface area contributed by atoms with Crippen molar-refractivity contribution in [3.63, 3.8) is 0 Å². The molecule has 2 heterocycles. The molecule has 3 rings (SSSR count). The van der Waals surface area contributed by atoms with Gasteiger partial charge in [-0.25, -0.2) is 0 Å². The Bertz CT molecular complexity index is 503. The average molecular weight is 272 g/mol. The van der Waals surface area contributed by atoms with Crippen LogP contribution in [0.25, 0.3) is 0 Å². The lowest BCUT2D eigenvalue weighted by Crippen LogP contribution is -2.41. The number of fused-ring (bicyclic) bond motifs is 1. The topological polar surface area (TPSA) is 32.3 Å². The number of carbonyl (C=O) groups excluding carboxylic acids is 1. The van der Waals surface area contributed by atoms with Gasteiger partial charge in [0, 0.05) is 18.3 Å². The molecule has 1 N–H and O–H groups in total. The molecule has 0 saturated carbocycles. The number of rotatable bonds is 3. The van der Waals surface area contributed by atoms with E-state index in [9.17, 15) is 4.79 Å². The summed E-state index contributed by atoms with van der Waals surface area (Å²) in [7, 11) is 0. The highest BCUT2D eigenvalue weighted by Gasteiger charge is 2.43. The molecule has 0 aliphatic carbocycles. The predicted octanol–water partition coefficient (Wildman–Crippen LogP) is 2.84. The number of nitrogens with zero attached hydrogens (tertiary/aromatic N) is 1. The van der Waals surface area contributed by atoms with Gasteiger partial charge in [0.1, 0.15) is 0 Å². The van der Waals surface area contributed by atoms with E-state index in [1.54, 1.807) is 0 Å². The first-order valence-corrected chi connectivity index (χ1v) is 7.75. The summed E-state index contributed by atoms with van der Waals surface area (Å²) in [5, 5.41) is 3.56. The highest BCUT2D eigenvalue weighted by Crippen LogP contribution is 2.41. The second-order valence-corrected chi connectivity index (χ2v) is 6.53. The highest BCUT2D eigenvalue weighted by molar-refractivity contribution is 6.07. The summed E-state index contributed by atoms with van der Waals surface area (Å²) in [5.74, 6) is 0.245. The van der Waals surface area contributed by atoms with Crippen molar-refractivity contribution in [2.45, 2.75) is 51.0 Å². The Morgan fingerprint density at radius 3 is 2.85 bits per heavy atom. The van der Waals surface area contributed by atoms with E-state index in [1.165, 1.54) is 24.8 Å². The number of nitrogens with one attached hydrogen (secondary N) is 1. The van der Waals surface area contributed by atoms with Crippen molar-refractivity contribution < 1.29 is 4.79 Å². The standard InChI is InChI=1S/C17H24N2O/c1-17(2)14-8-3-4-9-15(14)19(16(17)20)12-10-13-7-5-6-11-18-13/h3-4,8-9,13,18H,5-7,10-12H2,1-2H3. The maximum absolute atomic E-state index is 12.7. The fourth-order valence-corrected chi connectivity index (χ4v) is 3.48. The van der Waals surface area contributed by atoms with Crippen LogP contribution in [0.15, 0.2) is 24.3 Å². The third-order valence-corrected chi connectivity index (χ3v) is 4.76. The molecule has 1 aromatic rings. The molecule has 20 heavy (non-hydrogen) atoms. The van der Waals surface area contributed by atoms with E-state index in [0.29, 0.717) is 6.04 Å². The van der Waals surface area contributed by atoms with Crippen molar-refractivity contribution in [1.29, 1.82) is 0 Å². The minimum absolute atomic E-state index is 0.245. The summed E-state index contributed by atoms with van der Waals surface area (Å²) in [4.78, 5) is 14.7. The van der Waals surface area contributed by atoms with Crippen LogP contribution in [0.3, 0.4) is 0 Å². The number of benzene rings is 1. The molecule has 0 bridgehead atoms. The van der Waals surface area contributed by atoms with E-state index in [0.717, 1.165) is 25.2 Å². The summed E-state index contributed by atoms with van der Waals surface area (Å²) in [6.07, 6.45) is 4.89. The molecule has 3 heteroatoms. The van der Waals surface area contributed by atoms with Crippen LogP contribution in [0.5, 0.6) is 0 Å². The third-order valence-electron chi connectivity index (χ3n) is 4.76. The molecule has 1 unspecified atom stereocenters. The lowest BCUT2D eigenvalue weighted by atomic mass is 9.86. The smallest absolute Gasteiger partial charge is 0.237 e. The Morgan fingerprint density at radius 1 is 1.30 bits per heavy atom. The Labute approximate surface area is 121 Å². The minimum Gasteiger partial charge on any atom is -0.314 e. The molecule has 0 spiro atoms. The Morgan fingerprint density at radius 2 is 2.10 bits per heavy atom. The zero-order valence-electron chi connectivity index (χ0n) is 12.5. The number of hydrogen-bond acceptors (Lipinski definition) is 2. The molecule has 2 aliphatic rings. The van der Waals surface area contributed by atoms with Crippen LogP contribution in [0, 0.1) is 0 Å². The van der Waals surface area contributed by atoms with E-state index in [-0.39, 0.29) is 11.3 Å². The summed E-state index contributed by atoms with van der Waals surface area (Å²) >= 11 is 0. The number of amides is 1. The molecule has 3 nitrogen and oxygen atoms in total. The van der Waals surface area contributed by atoms with Gasteiger partial charge >= 0.3 is 0 Å². The summed E-state index contributed by atoms with van der Waals surface area (Å²) in [6, 6.07) is 8.80. The maximum Gasteiger partial charge on any atom is 0.237 e. The minimum atomic E-state index is -0.378. The zero-order chi connectivity index (χ0) is 14.2. The normalized spacial score (nSPS) is 24.8. The first-order chi connectivity index (χ1) is 9.60. The van der Waals surface area contributed by atoms with Crippen molar-refractivity contribution in [1.82, 2.24) is 5.32 Å². The van der Waals surface area contributed by atoms with Gasteiger partial charge in [0.15, 0.2) is 0 Å². The SMILES string of the molecule is CC1(C)C(=O)N(CCC2CCCCN2)c2ccccc21. The molecule has 2 aliphatic heterocycles. The summed E-state index contributed by atoms with van der Waals surface area (Å²) in [6.45, 7) is 6.03. The van der Waals surface area contributed by atoms with Gasteiger partial charge in [-0.2, -0.15) is 0 Å². The Kier molecular flexibility index (Phi) is 3.55. The zero-order valence-corrected chi connectivity index (χ0v) is 12.5. The van der Waals surface area contributed by atoms with Gasteiger partial charge in [-0.05, 0) is 51.3 Å². The van der Waals surface area contributed by atoms with Crippen molar-refractivity contribution in [3.8, 4) is 0 Å². The van der Waals surface area contributed by atoms with Gasteiger partial charge in [0.2, 0.25) is 5.91 Å². The predicted molar refractivity (Wildman–Crippen MR) is 82.1 cm³/mol. The number of hydrogen-bond donors (Lipinski definition) is 1. The first-order valence-electron chi connectivity index (χ1n) is 7.75. The van der Waals surface area contributed by atoms with Crippen LogP contribution in [-0.4, -0.2) is 25.0 Å². The molecule has 108 valence electrons. The first kappa shape index (κ1) is 13.6. The van der Waals surface area contributed by atoms with E-state index in [2.05, 4.69) is 17.4 Å². The van der Waals surface area contributed by atoms with Crippen molar-refractivity contribution >= 4 is 11.6 Å². The molecule has 1 fully saturated rings. The highest BCUT2D eigenvalue weighted by atomic mass is 16.2. The number of piperidine rings is 1. The Hall–Kier alpha value is -1.35. The van der Waals surface area contributed by atoms with Gasteiger partial charge in [-0.3, -0.25) is 4.79 Å². The van der Waals surface area contributed by atoms with Crippen LogP contribution in [0.1, 0.15) is 45.1 Å². The fourth-order valence-electron chi connectivity index (χ4n) is 3.48. The molecule has 0 radical (unpaired) electrons. The molecule has 1 atom stereocenters. The van der Waals surface area contributed by atoms with E-state index in [1.807, 2.05) is 30.9 Å². The van der Waals surface area contributed by atoms with Gasteiger partial charge in [-0.1, -0.05) is 24.6 Å². The van der Waals surface area contributed by atoms with Gasteiger partial charge < -0.3 is 10.2 Å². The van der Waals surface area contributed by atoms with Crippen LogP contribution in [-0.2, 0) is 10.2 Å². The largest absolute Gasteiger partial charge is 0.314 e. The van der Waals surface area contributed by atoms with Crippen molar-refractivity contribution in [2.75, 3.05) is 18.0 Å². The average Bonchev–Trinajstić information content (AvgIpc) is 2.67. The third kappa shape index (κ3) is 2.24. The van der Waals surface area contributed by atoms with Crippen molar-refractivity contribution in [2.24, 2.45) is 0 Å². The maximum atomic E-state index is 12.7. The Balaban J connectivity index is 1.75. The van der Waals surface area contributed by atoms with Crippen LogP contribution >= 0.6 is 0 Å². The van der Waals surface area contributed by atoms with Gasteiger partial charge in [-0.15, -0.1) is 0 Å². The van der Waals surface area contributed by atoms with E-state index < -0.39 is 0 Å². The fraction of sp³-hybridized carbons (Fsp3) is 0.588. The van der Waals surface area contributed by atoms with E-state index in [4.69, 9.17) is 0 Å². The number of carbonyl (C=O) groups is 1. The number of para-hydroxylation sites is 1. The van der Waals surface area contributed by atoms with Gasteiger partial charge in [0.25, 0.3) is 0 Å². The molecule has 1 saturated heterocycles. The summed E-state index contributed by atoms with van der Waals surface area (Å²) < 4.78 is 0. The second kappa shape index (κ2) is 5.21. The van der Waals surface area contributed by atoms with Crippen molar-refractivity contribution in [3.05, 3.63) is 29.8 Å². The van der Waals surface area contributed by atoms with Crippen LogP contribution in [0.2, 0.25) is 0 Å². The quantitative estimate of drug-likeness (QED) is 0.917. The molecule has 1 aromatic carbocycles. The number of anilines is 1. The monoisotopic (exact) mass is 272 g/mol. The summed E-state index contributed by atoms with van der Waals surface area (Å²) in [5.41, 5.74) is 1.90. The van der Waals surface area contributed by atoms with E-state index >= 15 is 0 Å². The lowest BCUT2D eigenvalue weighted by Gasteiger charge is -2.27. The molecular weight excluding hydrogens is 248 g/mol. The molecule has 0 aromatic heterocycles. The second-order valence-electron chi connectivity index (χ2n) is 6.53. The van der Waals surface area contributed by atoms with Crippen LogP contribution < -0.4 is 10.2 Å². The van der Waals surface area contributed by atoms with Crippen LogP contribution in [0.4, 0.5) is 5.69 Å². The van der Waals surface area contributed by atoms with Gasteiger partial charge in [0.05, 0.1) is 5.41 Å². The lowest BCUT2D eigenvalue weighted by molar-refractivity contribution is -0.122. The molecular formula is C17H24N2O.